The number of rotatable bonds is 6. The first-order valence-corrected chi connectivity index (χ1v) is 7.95. The van der Waals surface area contributed by atoms with Crippen LogP contribution in [-0.2, 0) is 4.79 Å². The Kier molecular flexibility index (Phi) is 6.40. The molecule has 1 heterocycles. The molecule has 0 bridgehead atoms. The molecule has 0 aromatic heterocycles. The molecular weight excluding hydrogens is 280 g/mol. The van der Waals surface area contributed by atoms with Gasteiger partial charge in [-0.2, -0.15) is 0 Å². The topological polar surface area (TPSA) is 58.6 Å². The van der Waals surface area contributed by atoms with Crippen molar-refractivity contribution < 1.29 is 14.3 Å². The van der Waals surface area contributed by atoms with Gasteiger partial charge in [-0.05, 0) is 44.2 Å². The van der Waals surface area contributed by atoms with Crippen LogP contribution in [0.3, 0.4) is 0 Å². The number of amides is 1. The maximum Gasteiger partial charge on any atom is 0.223 e. The Bertz CT molecular complexity index is 491. The van der Waals surface area contributed by atoms with Crippen LogP contribution in [0.2, 0.25) is 0 Å². The molecule has 1 aliphatic rings. The smallest absolute Gasteiger partial charge is 0.223 e. The molecule has 22 heavy (non-hydrogen) atoms. The van der Waals surface area contributed by atoms with Crippen LogP contribution in [0.15, 0.2) is 24.3 Å². The quantitative estimate of drug-likeness (QED) is 0.815. The number of hydrogen-bond donors (Lipinski definition) is 1. The van der Waals surface area contributed by atoms with E-state index in [4.69, 9.17) is 4.74 Å². The van der Waals surface area contributed by atoms with Crippen molar-refractivity contribution in [2.75, 3.05) is 32.8 Å². The zero-order chi connectivity index (χ0) is 15.8. The van der Waals surface area contributed by atoms with Gasteiger partial charge < -0.3 is 15.0 Å². The summed E-state index contributed by atoms with van der Waals surface area (Å²) in [5.41, 5.74) is 0.633. The van der Waals surface area contributed by atoms with Crippen molar-refractivity contribution in [2.24, 2.45) is 0 Å². The van der Waals surface area contributed by atoms with E-state index >= 15 is 0 Å². The van der Waals surface area contributed by atoms with Crippen molar-refractivity contribution >= 4 is 11.7 Å². The standard InChI is InChI=1S/C17H24N2O3/c1-2-22-15-6-4-14(5-7-15)16(20)8-9-17(21)19-12-3-10-18-11-13-19/h4-7,18H,2-3,8-13H2,1H3. The Balaban J connectivity index is 1.82. The van der Waals surface area contributed by atoms with Crippen LogP contribution in [0, 0.1) is 0 Å². The monoisotopic (exact) mass is 304 g/mol. The average Bonchev–Trinajstić information content (AvgIpc) is 2.82. The van der Waals surface area contributed by atoms with Crippen LogP contribution in [0.1, 0.15) is 36.5 Å². The van der Waals surface area contributed by atoms with E-state index in [-0.39, 0.29) is 24.5 Å². The van der Waals surface area contributed by atoms with Crippen LogP contribution in [0.5, 0.6) is 5.75 Å². The average molecular weight is 304 g/mol. The van der Waals surface area contributed by atoms with Crippen molar-refractivity contribution in [1.82, 2.24) is 10.2 Å². The van der Waals surface area contributed by atoms with Gasteiger partial charge in [0.2, 0.25) is 5.91 Å². The van der Waals surface area contributed by atoms with Crippen LogP contribution < -0.4 is 10.1 Å². The van der Waals surface area contributed by atoms with Crippen LogP contribution in [-0.4, -0.2) is 49.4 Å². The summed E-state index contributed by atoms with van der Waals surface area (Å²) in [5, 5.41) is 3.27. The van der Waals surface area contributed by atoms with Crippen LogP contribution in [0.25, 0.3) is 0 Å². The summed E-state index contributed by atoms with van der Waals surface area (Å²) in [6, 6.07) is 7.10. The molecule has 0 unspecified atom stereocenters. The molecule has 1 aromatic rings. The molecule has 0 atom stereocenters. The number of nitrogens with one attached hydrogen (secondary N) is 1. The number of Topliss-reactive ketones (excluding diaryl/α,β-unsaturated/α-hetero) is 1. The van der Waals surface area contributed by atoms with Gasteiger partial charge in [0, 0.05) is 38.0 Å². The largest absolute Gasteiger partial charge is 0.494 e. The Hall–Kier alpha value is -1.88. The number of nitrogens with zero attached hydrogens (tertiary/aromatic N) is 1. The van der Waals surface area contributed by atoms with E-state index in [1.54, 1.807) is 24.3 Å². The molecule has 2 rings (SSSR count). The minimum atomic E-state index is 0.00402. The van der Waals surface area contributed by atoms with E-state index in [0.29, 0.717) is 12.2 Å². The second kappa shape index (κ2) is 8.54. The predicted molar refractivity (Wildman–Crippen MR) is 85.2 cm³/mol. The molecule has 1 amide bonds. The van der Waals surface area contributed by atoms with E-state index in [0.717, 1.165) is 38.3 Å². The molecule has 0 spiro atoms. The number of ketones is 1. The van der Waals surface area contributed by atoms with Crippen molar-refractivity contribution in [2.45, 2.75) is 26.2 Å². The minimum absolute atomic E-state index is 0.00402. The van der Waals surface area contributed by atoms with Crippen LogP contribution >= 0.6 is 0 Å². The van der Waals surface area contributed by atoms with Crippen molar-refractivity contribution in [1.29, 1.82) is 0 Å². The number of ether oxygens (including phenoxy) is 1. The summed E-state index contributed by atoms with van der Waals surface area (Å²) in [6.45, 7) is 5.82. The van der Waals surface area contributed by atoms with Crippen molar-refractivity contribution in [3.05, 3.63) is 29.8 Å². The Morgan fingerprint density at radius 3 is 2.64 bits per heavy atom. The maximum atomic E-state index is 12.2. The predicted octanol–water partition coefficient (Wildman–Crippen LogP) is 1.87. The summed E-state index contributed by atoms with van der Waals surface area (Å²) in [4.78, 5) is 26.1. The lowest BCUT2D eigenvalue weighted by atomic mass is 10.1. The number of hydrogen-bond acceptors (Lipinski definition) is 4. The zero-order valence-electron chi connectivity index (χ0n) is 13.1. The summed E-state index contributed by atoms with van der Waals surface area (Å²) in [6.07, 6.45) is 1.52. The third-order valence-electron chi connectivity index (χ3n) is 3.75. The molecule has 1 N–H and O–H groups in total. The fourth-order valence-corrected chi connectivity index (χ4v) is 2.52. The fraction of sp³-hybridized carbons (Fsp3) is 0.529. The van der Waals surface area contributed by atoms with Crippen LogP contribution in [0.4, 0.5) is 0 Å². The highest BCUT2D eigenvalue weighted by atomic mass is 16.5. The van der Waals surface area contributed by atoms with Crippen molar-refractivity contribution in [3.63, 3.8) is 0 Å². The van der Waals surface area contributed by atoms with E-state index in [1.165, 1.54) is 0 Å². The van der Waals surface area contributed by atoms with E-state index in [9.17, 15) is 9.59 Å². The molecule has 1 fully saturated rings. The molecule has 1 aromatic carbocycles. The SMILES string of the molecule is CCOc1ccc(C(=O)CCC(=O)N2CCCNCC2)cc1. The zero-order valence-corrected chi connectivity index (χ0v) is 13.1. The van der Waals surface area contributed by atoms with Gasteiger partial charge in [-0.15, -0.1) is 0 Å². The van der Waals surface area contributed by atoms with Gasteiger partial charge in [-0.25, -0.2) is 0 Å². The molecule has 5 heteroatoms. The van der Waals surface area contributed by atoms with E-state index in [1.807, 2.05) is 11.8 Å². The third-order valence-corrected chi connectivity index (χ3v) is 3.75. The maximum absolute atomic E-state index is 12.2. The van der Waals surface area contributed by atoms with Gasteiger partial charge in [-0.3, -0.25) is 9.59 Å². The first-order valence-electron chi connectivity index (χ1n) is 7.95. The minimum Gasteiger partial charge on any atom is -0.494 e. The normalized spacial score (nSPS) is 15.2. The summed E-state index contributed by atoms with van der Waals surface area (Å²) < 4.78 is 5.35. The molecule has 0 radical (unpaired) electrons. The fourth-order valence-electron chi connectivity index (χ4n) is 2.52. The summed E-state index contributed by atoms with van der Waals surface area (Å²) in [5.74, 6) is 0.833. The molecular formula is C17H24N2O3. The molecule has 0 saturated carbocycles. The molecule has 5 nitrogen and oxygen atoms in total. The molecule has 1 aliphatic heterocycles. The highest BCUT2D eigenvalue weighted by Crippen LogP contribution is 2.14. The van der Waals surface area contributed by atoms with E-state index < -0.39 is 0 Å². The van der Waals surface area contributed by atoms with Gasteiger partial charge in [-0.1, -0.05) is 0 Å². The number of carbonyl (C=O) groups is 2. The van der Waals surface area contributed by atoms with Gasteiger partial charge in [0.25, 0.3) is 0 Å². The Morgan fingerprint density at radius 2 is 1.91 bits per heavy atom. The highest BCUT2D eigenvalue weighted by molar-refractivity contribution is 5.98. The second-order valence-electron chi connectivity index (χ2n) is 5.36. The first kappa shape index (κ1) is 16.5. The van der Waals surface area contributed by atoms with Gasteiger partial charge in [0.15, 0.2) is 5.78 Å². The third kappa shape index (κ3) is 4.84. The lowest BCUT2D eigenvalue weighted by Gasteiger charge is -2.19. The van der Waals surface area contributed by atoms with Gasteiger partial charge in [0.1, 0.15) is 5.75 Å². The summed E-state index contributed by atoms with van der Waals surface area (Å²) >= 11 is 0. The Morgan fingerprint density at radius 1 is 1.14 bits per heavy atom. The van der Waals surface area contributed by atoms with Crippen molar-refractivity contribution in [3.8, 4) is 5.75 Å². The van der Waals surface area contributed by atoms with E-state index in [2.05, 4.69) is 5.32 Å². The number of carbonyl (C=O) groups excluding carboxylic acids is 2. The highest BCUT2D eigenvalue weighted by Gasteiger charge is 2.16. The van der Waals surface area contributed by atoms with Gasteiger partial charge in [0.05, 0.1) is 6.61 Å². The molecule has 120 valence electrons. The first-order chi connectivity index (χ1) is 10.7. The molecule has 1 saturated heterocycles. The lowest BCUT2D eigenvalue weighted by molar-refractivity contribution is -0.130. The Labute approximate surface area is 131 Å². The lowest BCUT2D eigenvalue weighted by Crippen LogP contribution is -2.34. The molecule has 0 aliphatic carbocycles. The number of benzene rings is 1. The second-order valence-corrected chi connectivity index (χ2v) is 5.36. The van der Waals surface area contributed by atoms with Gasteiger partial charge >= 0.3 is 0 Å². The summed E-state index contributed by atoms with van der Waals surface area (Å²) in [7, 11) is 0.